The van der Waals surface area contributed by atoms with Gasteiger partial charge >= 0.3 is 0 Å². The van der Waals surface area contributed by atoms with Gasteiger partial charge in [-0.25, -0.2) is 0 Å². The molecule has 33 heavy (non-hydrogen) atoms. The minimum Gasteiger partial charge on any atom is -0.508 e. The number of phenolic OH excluding ortho intramolecular Hbond substituents is 1. The molecular weight excluding hydrogens is 452 g/mol. The Labute approximate surface area is 200 Å². The average molecular weight is 475 g/mol. The molecular formula is C26H22N2O3S2. The Bertz CT molecular complexity index is 1260. The highest BCUT2D eigenvalue weighted by Gasteiger charge is 2.69. The summed E-state index contributed by atoms with van der Waals surface area (Å²) in [6.07, 6.45) is 0.916. The van der Waals surface area contributed by atoms with E-state index in [0.29, 0.717) is 5.69 Å². The molecule has 3 aliphatic heterocycles. The summed E-state index contributed by atoms with van der Waals surface area (Å²) >= 11 is 3.50. The van der Waals surface area contributed by atoms with Crippen LogP contribution in [0.4, 0.5) is 5.69 Å². The number of nitrogens with zero attached hydrogens (tertiary/aromatic N) is 1. The van der Waals surface area contributed by atoms with Crippen LogP contribution in [0.1, 0.15) is 17.9 Å². The van der Waals surface area contributed by atoms with Crippen LogP contribution in [0.25, 0.3) is 0 Å². The molecule has 2 aliphatic carbocycles. The number of para-hydroxylation sites is 1. The zero-order valence-electron chi connectivity index (χ0n) is 17.7. The molecule has 5 aliphatic rings. The summed E-state index contributed by atoms with van der Waals surface area (Å²) in [7, 11) is 0. The van der Waals surface area contributed by atoms with Crippen molar-refractivity contribution >= 4 is 41.0 Å². The van der Waals surface area contributed by atoms with Crippen LogP contribution in [0.5, 0.6) is 5.75 Å². The molecule has 166 valence electrons. The van der Waals surface area contributed by atoms with Gasteiger partial charge in [0, 0.05) is 16.1 Å². The van der Waals surface area contributed by atoms with Gasteiger partial charge in [0.1, 0.15) is 5.75 Å². The van der Waals surface area contributed by atoms with Crippen molar-refractivity contribution in [3.63, 3.8) is 0 Å². The summed E-state index contributed by atoms with van der Waals surface area (Å²) < 4.78 is 0. The van der Waals surface area contributed by atoms with Gasteiger partial charge in [-0.15, -0.1) is 11.8 Å². The third kappa shape index (κ3) is 2.63. The predicted molar refractivity (Wildman–Crippen MR) is 130 cm³/mol. The number of nitrogens with one attached hydrogen (secondary N) is 1. The summed E-state index contributed by atoms with van der Waals surface area (Å²) in [6.45, 7) is 4.13. The molecule has 2 bridgehead atoms. The second kappa shape index (κ2) is 6.93. The van der Waals surface area contributed by atoms with Crippen LogP contribution in [0, 0.1) is 29.6 Å². The number of carbonyl (C=O) groups is 2. The number of hydrogen-bond donors (Lipinski definition) is 2. The molecule has 5 nitrogen and oxygen atoms in total. The normalized spacial score (nSPS) is 36.2. The highest BCUT2D eigenvalue weighted by molar-refractivity contribution is 8.10. The fourth-order valence-corrected chi connectivity index (χ4v) is 9.99. The van der Waals surface area contributed by atoms with Gasteiger partial charge in [-0.3, -0.25) is 14.5 Å². The lowest BCUT2D eigenvalue weighted by molar-refractivity contribution is -0.123. The van der Waals surface area contributed by atoms with E-state index in [0.717, 1.165) is 22.0 Å². The van der Waals surface area contributed by atoms with Crippen LogP contribution in [-0.2, 0) is 9.59 Å². The number of allylic oxidation sites excluding steroid dienone is 1. The molecule has 2 N–H and O–H groups in total. The van der Waals surface area contributed by atoms with Crippen molar-refractivity contribution < 1.29 is 14.7 Å². The van der Waals surface area contributed by atoms with Crippen molar-refractivity contribution in [2.24, 2.45) is 29.6 Å². The van der Waals surface area contributed by atoms with Gasteiger partial charge in [-0.05, 0) is 54.0 Å². The molecule has 7 heteroatoms. The second-order valence-corrected chi connectivity index (χ2v) is 11.9. The lowest BCUT2D eigenvalue weighted by Crippen LogP contribution is -2.43. The van der Waals surface area contributed by atoms with E-state index in [1.807, 2.05) is 54.2 Å². The maximum absolute atomic E-state index is 13.7. The lowest BCUT2D eigenvalue weighted by atomic mass is 9.68. The molecule has 0 radical (unpaired) electrons. The quantitative estimate of drug-likeness (QED) is 0.618. The SMILES string of the molecule is C=C1NC2=C(S1)[C@@H](c1cccc(O)c1)[C@@H]1[C@@H]3C[C@H]([C@@H]1S2)[C@@H]1C(=O)N(c2ccccc2)C(=O)[C@H]31. The molecule has 2 amide bonds. The number of aromatic hydroxyl groups is 1. The first-order valence-electron chi connectivity index (χ1n) is 11.3. The molecule has 0 spiro atoms. The number of carbonyl (C=O) groups excluding carboxylic acids is 2. The monoisotopic (exact) mass is 474 g/mol. The fourth-order valence-electron chi connectivity index (χ4n) is 7.01. The van der Waals surface area contributed by atoms with Crippen molar-refractivity contribution in [3.8, 4) is 5.75 Å². The first-order valence-corrected chi connectivity index (χ1v) is 13.0. The Morgan fingerprint density at radius 3 is 2.52 bits per heavy atom. The summed E-state index contributed by atoms with van der Waals surface area (Å²) in [6, 6.07) is 16.8. The van der Waals surface area contributed by atoms with Crippen molar-refractivity contribution in [3.05, 3.63) is 81.7 Å². The first kappa shape index (κ1) is 19.8. The maximum Gasteiger partial charge on any atom is 0.238 e. The zero-order valence-corrected chi connectivity index (χ0v) is 19.3. The number of anilines is 1. The standard InChI is InChI=1S/C26H22N2O3S2/c1-12-27-24-23(32-12)18(13-6-5-9-15(29)10-13)19-16-11-17(22(19)33-24)21-20(16)25(30)28(26(21)31)14-7-3-2-4-8-14/h2-10,16-22,27,29H,1,11H2/t16-,17-,18-,19-,20+,21-,22-/m0/s1. The molecule has 3 fully saturated rings. The molecule has 2 aromatic rings. The van der Waals surface area contributed by atoms with Crippen LogP contribution in [-0.4, -0.2) is 22.2 Å². The molecule has 0 unspecified atom stereocenters. The number of benzene rings is 2. The lowest BCUT2D eigenvalue weighted by Gasteiger charge is -2.43. The van der Waals surface area contributed by atoms with Gasteiger partial charge in [0.2, 0.25) is 11.8 Å². The highest BCUT2D eigenvalue weighted by atomic mass is 32.2. The third-order valence-electron chi connectivity index (χ3n) is 8.04. The Balaban J connectivity index is 1.32. The van der Waals surface area contributed by atoms with E-state index in [1.54, 1.807) is 17.8 Å². The summed E-state index contributed by atoms with van der Waals surface area (Å²) in [4.78, 5) is 29.9. The maximum atomic E-state index is 13.7. The Morgan fingerprint density at radius 2 is 1.76 bits per heavy atom. The van der Waals surface area contributed by atoms with E-state index >= 15 is 0 Å². The smallest absolute Gasteiger partial charge is 0.238 e. The van der Waals surface area contributed by atoms with Crippen LogP contribution in [0.2, 0.25) is 0 Å². The van der Waals surface area contributed by atoms with E-state index in [9.17, 15) is 14.7 Å². The highest BCUT2D eigenvalue weighted by Crippen LogP contribution is 2.70. The second-order valence-electron chi connectivity index (χ2n) is 9.54. The molecule has 7 atom stereocenters. The minimum atomic E-state index is -0.255. The zero-order chi connectivity index (χ0) is 22.4. The van der Waals surface area contributed by atoms with E-state index < -0.39 is 0 Å². The summed E-state index contributed by atoms with van der Waals surface area (Å²) in [5.74, 6) is 0.345. The molecule has 7 rings (SSSR count). The van der Waals surface area contributed by atoms with Crippen LogP contribution in [0.15, 0.2) is 76.1 Å². The summed E-state index contributed by atoms with van der Waals surface area (Å²) in [5.41, 5.74) is 1.75. The van der Waals surface area contributed by atoms with Crippen LogP contribution in [0.3, 0.4) is 0 Å². The summed E-state index contributed by atoms with van der Waals surface area (Å²) in [5, 5.41) is 16.0. The molecule has 3 heterocycles. The number of thioether (sulfide) groups is 2. The number of fused-ring (bicyclic) bond motifs is 8. The number of imide groups is 1. The Morgan fingerprint density at radius 1 is 1.00 bits per heavy atom. The third-order valence-corrected chi connectivity index (χ3v) is 10.7. The van der Waals surface area contributed by atoms with Crippen LogP contribution < -0.4 is 10.2 Å². The first-order chi connectivity index (χ1) is 16.0. The van der Waals surface area contributed by atoms with E-state index in [-0.39, 0.29) is 58.3 Å². The van der Waals surface area contributed by atoms with Gasteiger partial charge in [0.15, 0.2) is 0 Å². The fraction of sp³-hybridized carbons (Fsp3) is 0.308. The van der Waals surface area contributed by atoms with Crippen molar-refractivity contribution in [1.82, 2.24) is 5.32 Å². The van der Waals surface area contributed by atoms with Gasteiger partial charge in [0.25, 0.3) is 0 Å². The average Bonchev–Trinajstić information content (AvgIpc) is 3.53. The predicted octanol–water partition coefficient (Wildman–Crippen LogP) is 4.64. The van der Waals surface area contributed by atoms with E-state index in [4.69, 9.17) is 0 Å². The molecule has 1 saturated heterocycles. The number of hydrogen-bond acceptors (Lipinski definition) is 6. The van der Waals surface area contributed by atoms with Gasteiger partial charge in [-0.2, -0.15) is 0 Å². The number of amides is 2. The largest absolute Gasteiger partial charge is 0.508 e. The Kier molecular flexibility index (Phi) is 4.16. The topological polar surface area (TPSA) is 69.6 Å². The van der Waals surface area contributed by atoms with Crippen molar-refractivity contribution in [2.45, 2.75) is 17.6 Å². The molecule has 2 saturated carbocycles. The molecule has 0 aromatic heterocycles. The number of rotatable bonds is 2. The molecule has 2 aromatic carbocycles. The van der Waals surface area contributed by atoms with E-state index in [2.05, 4.69) is 18.0 Å². The minimum absolute atomic E-state index is 0.0328. The van der Waals surface area contributed by atoms with Crippen molar-refractivity contribution in [2.75, 3.05) is 4.90 Å². The van der Waals surface area contributed by atoms with Gasteiger partial charge < -0.3 is 10.4 Å². The van der Waals surface area contributed by atoms with Crippen LogP contribution >= 0.6 is 23.5 Å². The Hall–Kier alpha value is -2.64. The van der Waals surface area contributed by atoms with Gasteiger partial charge in [0.05, 0.1) is 27.6 Å². The van der Waals surface area contributed by atoms with Crippen molar-refractivity contribution in [1.29, 1.82) is 0 Å². The van der Waals surface area contributed by atoms with Gasteiger partial charge in [-0.1, -0.05) is 48.7 Å². The van der Waals surface area contributed by atoms with E-state index in [1.165, 1.54) is 9.81 Å². The number of phenols is 1.